The van der Waals surface area contributed by atoms with Crippen molar-refractivity contribution in [2.75, 3.05) is 0 Å². The first kappa shape index (κ1) is 10.7. The van der Waals surface area contributed by atoms with E-state index in [1.54, 1.807) is 30.3 Å². The Morgan fingerprint density at radius 1 is 1.07 bits per heavy atom. The fraction of sp³-hybridized carbons (Fsp3) is 0. The van der Waals surface area contributed by atoms with Crippen LogP contribution in [0.3, 0.4) is 0 Å². The van der Waals surface area contributed by atoms with E-state index < -0.39 is 0 Å². The third kappa shape index (κ3) is 2.39. The maximum Gasteiger partial charge on any atom is 0.131 e. The summed E-state index contributed by atoms with van der Waals surface area (Å²) in [7, 11) is 0. The number of halogens is 3. The summed E-state index contributed by atoms with van der Waals surface area (Å²) in [4.78, 5) is 0. The van der Waals surface area contributed by atoms with Crippen molar-refractivity contribution in [1.29, 1.82) is 0 Å². The fourth-order valence-electron chi connectivity index (χ4n) is 1.37. The number of hydrogen-bond acceptors (Lipinski definition) is 0. The maximum atomic E-state index is 13.5. The first-order chi connectivity index (χ1) is 7.16. The quantitative estimate of drug-likeness (QED) is 0.698. The molecule has 0 aliphatic carbocycles. The van der Waals surface area contributed by atoms with Gasteiger partial charge in [-0.2, -0.15) is 0 Å². The van der Waals surface area contributed by atoms with Crippen LogP contribution >= 0.6 is 27.5 Å². The van der Waals surface area contributed by atoms with Crippen LogP contribution in [-0.4, -0.2) is 0 Å². The van der Waals surface area contributed by atoms with Crippen molar-refractivity contribution in [2.24, 2.45) is 0 Å². The average Bonchev–Trinajstić information content (AvgIpc) is 2.22. The Bertz CT molecular complexity index is 497. The fourth-order valence-corrected chi connectivity index (χ4v) is 1.93. The molecule has 0 amide bonds. The van der Waals surface area contributed by atoms with Crippen LogP contribution in [0.4, 0.5) is 4.39 Å². The van der Waals surface area contributed by atoms with Crippen LogP contribution in [0.1, 0.15) is 0 Å². The van der Waals surface area contributed by atoms with E-state index in [1.807, 2.05) is 6.07 Å². The molecule has 0 radical (unpaired) electrons. The van der Waals surface area contributed by atoms with Gasteiger partial charge in [-0.1, -0.05) is 39.7 Å². The molecule has 0 atom stereocenters. The van der Waals surface area contributed by atoms with Crippen LogP contribution in [0, 0.1) is 5.82 Å². The lowest BCUT2D eigenvalue weighted by atomic mass is 10.1. The second-order valence-electron chi connectivity index (χ2n) is 3.13. The minimum absolute atomic E-state index is 0.250. The highest BCUT2D eigenvalue weighted by molar-refractivity contribution is 9.10. The molecule has 0 aromatic heterocycles. The van der Waals surface area contributed by atoms with Gasteiger partial charge in [-0.3, -0.25) is 0 Å². The first-order valence-corrected chi connectivity index (χ1v) is 5.55. The molecule has 0 N–H and O–H groups in total. The van der Waals surface area contributed by atoms with Crippen molar-refractivity contribution in [1.82, 2.24) is 0 Å². The van der Waals surface area contributed by atoms with Gasteiger partial charge in [-0.05, 0) is 35.9 Å². The largest absolute Gasteiger partial charge is 0.206 e. The predicted octanol–water partition coefficient (Wildman–Crippen LogP) is 4.91. The van der Waals surface area contributed by atoms with E-state index in [0.29, 0.717) is 10.6 Å². The lowest BCUT2D eigenvalue weighted by Gasteiger charge is -2.04. The second-order valence-corrected chi connectivity index (χ2v) is 4.49. The van der Waals surface area contributed by atoms with Gasteiger partial charge in [-0.15, -0.1) is 0 Å². The summed E-state index contributed by atoms with van der Waals surface area (Å²) in [6.07, 6.45) is 0. The average molecular weight is 286 g/mol. The highest BCUT2D eigenvalue weighted by Crippen LogP contribution is 2.27. The zero-order valence-corrected chi connectivity index (χ0v) is 10.0. The molecule has 0 heterocycles. The smallest absolute Gasteiger partial charge is 0.131 e. The van der Waals surface area contributed by atoms with E-state index in [2.05, 4.69) is 15.9 Å². The molecule has 76 valence electrons. The zero-order valence-electron chi connectivity index (χ0n) is 7.68. The summed E-state index contributed by atoms with van der Waals surface area (Å²) in [5.74, 6) is -0.250. The third-order valence-corrected chi connectivity index (χ3v) is 2.79. The van der Waals surface area contributed by atoms with Gasteiger partial charge in [-0.25, -0.2) is 4.39 Å². The Balaban J connectivity index is 2.58. The molecule has 0 aliphatic rings. The molecule has 0 unspecified atom stereocenters. The molecule has 2 aromatic carbocycles. The van der Waals surface area contributed by atoms with E-state index in [-0.39, 0.29) is 5.82 Å². The molecule has 0 saturated carbocycles. The van der Waals surface area contributed by atoms with Gasteiger partial charge in [0.15, 0.2) is 0 Å². The van der Waals surface area contributed by atoms with Gasteiger partial charge in [0.05, 0.1) is 0 Å². The molecule has 2 aromatic rings. The molecule has 0 aliphatic heterocycles. The Kier molecular flexibility index (Phi) is 3.08. The van der Waals surface area contributed by atoms with Crippen LogP contribution in [0.5, 0.6) is 0 Å². The van der Waals surface area contributed by atoms with Crippen molar-refractivity contribution < 1.29 is 4.39 Å². The Morgan fingerprint density at radius 3 is 2.60 bits per heavy atom. The van der Waals surface area contributed by atoms with Crippen molar-refractivity contribution in [2.45, 2.75) is 0 Å². The second kappa shape index (κ2) is 4.33. The highest BCUT2D eigenvalue weighted by atomic mass is 79.9. The maximum absolute atomic E-state index is 13.5. The van der Waals surface area contributed by atoms with Crippen molar-refractivity contribution in [3.05, 3.63) is 57.8 Å². The normalized spacial score (nSPS) is 10.3. The van der Waals surface area contributed by atoms with E-state index in [9.17, 15) is 4.39 Å². The number of hydrogen-bond donors (Lipinski definition) is 0. The standard InChI is InChI=1S/C12H7BrClF/c13-9-4-5-12(15)11(7-9)8-2-1-3-10(14)6-8/h1-7H. The number of benzene rings is 2. The molecule has 0 bridgehead atoms. The molecule has 3 heteroatoms. The summed E-state index contributed by atoms with van der Waals surface area (Å²) in [6.45, 7) is 0. The van der Waals surface area contributed by atoms with E-state index in [1.165, 1.54) is 6.07 Å². The number of rotatable bonds is 1. The summed E-state index contributed by atoms with van der Waals surface area (Å²) in [5, 5.41) is 0.604. The van der Waals surface area contributed by atoms with Gasteiger partial charge in [0.25, 0.3) is 0 Å². The summed E-state index contributed by atoms with van der Waals surface area (Å²) < 4.78 is 14.4. The Morgan fingerprint density at radius 2 is 1.87 bits per heavy atom. The molecule has 0 fully saturated rings. The third-order valence-electron chi connectivity index (χ3n) is 2.06. The van der Waals surface area contributed by atoms with Crippen LogP contribution in [0.15, 0.2) is 46.9 Å². The Hall–Kier alpha value is -0.860. The van der Waals surface area contributed by atoms with Gasteiger partial charge in [0.1, 0.15) is 5.82 Å². The van der Waals surface area contributed by atoms with Gasteiger partial charge in [0.2, 0.25) is 0 Å². The monoisotopic (exact) mass is 284 g/mol. The van der Waals surface area contributed by atoms with E-state index in [0.717, 1.165) is 10.0 Å². The predicted molar refractivity (Wildman–Crippen MR) is 64.5 cm³/mol. The molecule has 15 heavy (non-hydrogen) atoms. The van der Waals surface area contributed by atoms with Crippen LogP contribution in [0.25, 0.3) is 11.1 Å². The van der Waals surface area contributed by atoms with Gasteiger partial charge < -0.3 is 0 Å². The van der Waals surface area contributed by atoms with Crippen LogP contribution < -0.4 is 0 Å². The lowest BCUT2D eigenvalue weighted by Crippen LogP contribution is -1.84. The molecular weight excluding hydrogens is 278 g/mol. The lowest BCUT2D eigenvalue weighted by molar-refractivity contribution is 0.631. The van der Waals surface area contributed by atoms with Crippen molar-refractivity contribution >= 4 is 27.5 Å². The summed E-state index contributed by atoms with van der Waals surface area (Å²) >= 11 is 9.17. The van der Waals surface area contributed by atoms with Crippen molar-refractivity contribution in [3.8, 4) is 11.1 Å². The first-order valence-electron chi connectivity index (χ1n) is 4.38. The van der Waals surface area contributed by atoms with Gasteiger partial charge >= 0.3 is 0 Å². The molecule has 0 saturated heterocycles. The van der Waals surface area contributed by atoms with E-state index >= 15 is 0 Å². The molecule has 0 nitrogen and oxygen atoms in total. The topological polar surface area (TPSA) is 0 Å². The van der Waals surface area contributed by atoms with E-state index in [4.69, 9.17) is 11.6 Å². The Labute approximate surface area is 101 Å². The minimum Gasteiger partial charge on any atom is -0.206 e. The highest BCUT2D eigenvalue weighted by Gasteiger charge is 2.05. The molecule has 0 spiro atoms. The summed E-state index contributed by atoms with van der Waals surface area (Å²) in [6, 6.07) is 12.0. The minimum atomic E-state index is -0.250. The summed E-state index contributed by atoms with van der Waals surface area (Å²) in [5.41, 5.74) is 1.33. The SMILES string of the molecule is Fc1ccc(Br)cc1-c1cccc(Cl)c1. The van der Waals surface area contributed by atoms with Crippen LogP contribution in [-0.2, 0) is 0 Å². The molecule has 2 rings (SSSR count). The van der Waals surface area contributed by atoms with Crippen molar-refractivity contribution in [3.63, 3.8) is 0 Å². The molecular formula is C12H7BrClF. The van der Waals surface area contributed by atoms with Gasteiger partial charge in [0, 0.05) is 15.1 Å². The zero-order chi connectivity index (χ0) is 10.8. The van der Waals surface area contributed by atoms with Crippen LogP contribution in [0.2, 0.25) is 5.02 Å².